The fourth-order valence-corrected chi connectivity index (χ4v) is 2.27. The Hall–Kier alpha value is -1.52. The number of carbonyl (C=O) groups is 2. The van der Waals surface area contributed by atoms with E-state index in [2.05, 4.69) is 6.58 Å². The van der Waals surface area contributed by atoms with Crippen molar-refractivity contribution >= 4 is 12.1 Å². The van der Waals surface area contributed by atoms with Gasteiger partial charge in [0.1, 0.15) is 5.60 Å². The SMILES string of the molecule is C=C[C@H]1CN(C(=O)OC(C)(C)C)CC[C@H]1CC(=O)O. The van der Waals surface area contributed by atoms with Crippen LogP contribution in [0.4, 0.5) is 4.79 Å². The minimum Gasteiger partial charge on any atom is -0.481 e. The molecular formula is C14H23NO4. The zero-order valence-corrected chi connectivity index (χ0v) is 11.9. The molecule has 1 heterocycles. The lowest BCUT2D eigenvalue weighted by molar-refractivity contribution is -0.138. The van der Waals surface area contributed by atoms with Crippen LogP contribution in [0.15, 0.2) is 12.7 Å². The minimum absolute atomic E-state index is 0.0115. The highest BCUT2D eigenvalue weighted by atomic mass is 16.6. The molecule has 1 N–H and O–H groups in total. The van der Waals surface area contributed by atoms with Crippen molar-refractivity contribution in [3.8, 4) is 0 Å². The summed E-state index contributed by atoms with van der Waals surface area (Å²) in [5.74, 6) is -0.742. The fraction of sp³-hybridized carbons (Fsp3) is 0.714. The highest BCUT2D eigenvalue weighted by Gasteiger charge is 2.32. The van der Waals surface area contributed by atoms with Gasteiger partial charge in [-0.05, 0) is 39.0 Å². The molecule has 19 heavy (non-hydrogen) atoms. The van der Waals surface area contributed by atoms with Gasteiger partial charge in [-0.1, -0.05) is 6.08 Å². The van der Waals surface area contributed by atoms with Crippen molar-refractivity contribution in [3.63, 3.8) is 0 Å². The molecule has 0 aromatic rings. The average molecular weight is 269 g/mol. The van der Waals surface area contributed by atoms with E-state index >= 15 is 0 Å². The standard InChI is InChI=1S/C14H23NO4/c1-5-10-9-15(13(18)19-14(2,3)4)7-6-11(10)8-12(16)17/h5,10-11H,1,6-9H2,2-4H3,(H,16,17)/t10-,11-/m0/s1. The van der Waals surface area contributed by atoms with E-state index in [1.54, 1.807) is 11.0 Å². The van der Waals surface area contributed by atoms with Crippen LogP contribution in [-0.4, -0.2) is 40.8 Å². The lowest BCUT2D eigenvalue weighted by Gasteiger charge is -2.37. The molecule has 1 fully saturated rings. The van der Waals surface area contributed by atoms with Gasteiger partial charge in [0.2, 0.25) is 0 Å². The van der Waals surface area contributed by atoms with Crippen molar-refractivity contribution in [2.75, 3.05) is 13.1 Å². The van der Waals surface area contributed by atoms with Gasteiger partial charge >= 0.3 is 12.1 Å². The Morgan fingerprint density at radius 3 is 2.58 bits per heavy atom. The average Bonchev–Trinajstić information content (AvgIpc) is 2.26. The largest absolute Gasteiger partial charge is 0.481 e. The molecule has 0 aliphatic carbocycles. The quantitative estimate of drug-likeness (QED) is 0.799. The van der Waals surface area contributed by atoms with Crippen LogP contribution in [0.1, 0.15) is 33.6 Å². The van der Waals surface area contributed by atoms with Crippen molar-refractivity contribution in [3.05, 3.63) is 12.7 Å². The van der Waals surface area contributed by atoms with Gasteiger partial charge in [-0.25, -0.2) is 4.79 Å². The number of carboxylic acid groups (broad SMARTS) is 1. The molecule has 5 nitrogen and oxygen atoms in total. The first-order chi connectivity index (χ1) is 8.73. The summed E-state index contributed by atoms with van der Waals surface area (Å²) in [6.07, 6.45) is 2.19. The summed E-state index contributed by atoms with van der Waals surface area (Å²) in [7, 11) is 0. The van der Waals surface area contributed by atoms with Crippen molar-refractivity contribution in [2.45, 2.75) is 39.2 Å². The Morgan fingerprint density at radius 1 is 1.47 bits per heavy atom. The number of rotatable bonds is 3. The number of likely N-dealkylation sites (tertiary alicyclic amines) is 1. The third-order valence-electron chi connectivity index (χ3n) is 3.20. The molecule has 0 bridgehead atoms. The van der Waals surface area contributed by atoms with Crippen molar-refractivity contribution in [1.82, 2.24) is 4.90 Å². The van der Waals surface area contributed by atoms with Gasteiger partial charge in [0.05, 0.1) is 0 Å². The molecule has 0 saturated carbocycles. The second kappa shape index (κ2) is 6.08. The smallest absolute Gasteiger partial charge is 0.410 e. The van der Waals surface area contributed by atoms with Gasteiger partial charge in [0.15, 0.2) is 0 Å². The molecule has 108 valence electrons. The Labute approximate surface area is 114 Å². The molecular weight excluding hydrogens is 246 g/mol. The number of aliphatic carboxylic acids is 1. The first-order valence-corrected chi connectivity index (χ1v) is 6.55. The van der Waals surface area contributed by atoms with Crippen molar-refractivity contribution < 1.29 is 19.4 Å². The van der Waals surface area contributed by atoms with E-state index in [1.807, 2.05) is 20.8 Å². The van der Waals surface area contributed by atoms with Gasteiger partial charge in [0, 0.05) is 19.5 Å². The van der Waals surface area contributed by atoms with Crippen LogP contribution in [0.2, 0.25) is 0 Å². The van der Waals surface area contributed by atoms with E-state index in [0.29, 0.717) is 19.5 Å². The second-order valence-electron chi connectivity index (χ2n) is 5.97. The van der Waals surface area contributed by atoms with E-state index in [4.69, 9.17) is 9.84 Å². The summed E-state index contributed by atoms with van der Waals surface area (Å²) in [5.41, 5.74) is -0.515. The van der Waals surface area contributed by atoms with Crippen molar-refractivity contribution in [1.29, 1.82) is 0 Å². The summed E-state index contributed by atoms with van der Waals surface area (Å²) >= 11 is 0. The Morgan fingerprint density at radius 2 is 2.11 bits per heavy atom. The number of amides is 1. The van der Waals surface area contributed by atoms with E-state index < -0.39 is 11.6 Å². The maximum absolute atomic E-state index is 12.0. The first-order valence-electron chi connectivity index (χ1n) is 6.55. The predicted molar refractivity (Wildman–Crippen MR) is 71.9 cm³/mol. The molecule has 5 heteroatoms. The summed E-state index contributed by atoms with van der Waals surface area (Å²) < 4.78 is 5.32. The number of hydrogen-bond donors (Lipinski definition) is 1. The minimum atomic E-state index is -0.803. The monoisotopic (exact) mass is 269 g/mol. The Kier molecular flexibility index (Phi) is 4.97. The number of nitrogens with zero attached hydrogens (tertiary/aromatic N) is 1. The highest BCUT2D eigenvalue weighted by molar-refractivity contribution is 5.69. The number of hydrogen-bond acceptors (Lipinski definition) is 3. The van der Waals surface area contributed by atoms with Crippen LogP contribution >= 0.6 is 0 Å². The first kappa shape index (κ1) is 15.5. The summed E-state index contributed by atoms with van der Waals surface area (Å²) in [6, 6.07) is 0. The number of carbonyl (C=O) groups excluding carboxylic acids is 1. The normalized spacial score (nSPS) is 23.8. The molecule has 0 aromatic heterocycles. The molecule has 0 radical (unpaired) electrons. The summed E-state index contributed by atoms with van der Waals surface area (Å²) in [4.78, 5) is 24.4. The van der Waals surface area contributed by atoms with Gasteiger partial charge in [-0.2, -0.15) is 0 Å². The molecule has 1 rings (SSSR count). The number of piperidine rings is 1. The van der Waals surface area contributed by atoms with Crippen LogP contribution in [0.25, 0.3) is 0 Å². The van der Waals surface area contributed by atoms with E-state index in [1.165, 1.54) is 0 Å². The molecule has 1 aliphatic rings. The van der Waals surface area contributed by atoms with Crippen LogP contribution in [0.5, 0.6) is 0 Å². The molecule has 0 aromatic carbocycles. The molecule has 0 unspecified atom stereocenters. The molecule has 0 spiro atoms. The number of carboxylic acids is 1. The third kappa shape index (κ3) is 4.93. The third-order valence-corrected chi connectivity index (χ3v) is 3.20. The predicted octanol–water partition coefficient (Wildman–Crippen LogP) is 2.52. The summed E-state index contributed by atoms with van der Waals surface area (Å²) in [5, 5.41) is 8.87. The van der Waals surface area contributed by atoms with E-state index in [9.17, 15) is 9.59 Å². The van der Waals surface area contributed by atoms with Gasteiger partial charge in [-0.3, -0.25) is 4.79 Å². The van der Waals surface area contributed by atoms with Crippen LogP contribution in [-0.2, 0) is 9.53 Å². The van der Waals surface area contributed by atoms with E-state index in [-0.39, 0.29) is 24.3 Å². The molecule has 1 saturated heterocycles. The highest BCUT2D eigenvalue weighted by Crippen LogP contribution is 2.28. The number of ether oxygens (including phenoxy) is 1. The Bertz CT molecular complexity index is 359. The zero-order valence-electron chi connectivity index (χ0n) is 11.9. The molecule has 2 atom stereocenters. The van der Waals surface area contributed by atoms with Crippen LogP contribution in [0, 0.1) is 11.8 Å². The van der Waals surface area contributed by atoms with Crippen molar-refractivity contribution in [2.24, 2.45) is 11.8 Å². The summed E-state index contributed by atoms with van der Waals surface area (Å²) in [6.45, 7) is 10.2. The van der Waals surface area contributed by atoms with Gasteiger partial charge in [0.25, 0.3) is 0 Å². The maximum atomic E-state index is 12.0. The topological polar surface area (TPSA) is 66.8 Å². The van der Waals surface area contributed by atoms with Crippen LogP contribution in [0.3, 0.4) is 0 Å². The van der Waals surface area contributed by atoms with Gasteiger partial charge in [-0.15, -0.1) is 6.58 Å². The molecule has 1 aliphatic heterocycles. The Balaban J connectivity index is 2.61. The fourth-order valence-electron chi connectivity index (χ4n) is 2.27. The second-order valence-corrected chi connectivity index (χ2v) is 5.97. The lowest BCUT2D eigenvalue weighted by Crippen LogP contribution is -2.45. The zero-order chi connectivity index (χ0) is 14.6. The maximum Gasteiger partial charge on any atom is 0.410 e. The molecule has 1 amide bonds. The van der Waals surface area contributed by atoms with Crippen LogP contribution < -0.4 is 0 Å². The van der Waals surface area contributed by atoms with E-state index in [0.717, 1.165) is 0 Å². The van der Waals surface area contributed by atoms with Gasteiger partial charge < -0.3 is 14.7 Å². The lowest BCUT2D eigenvalue weighted by atomic mass is 9.83.